The summed E-state index contributed by atoms with van der Waals surface area (Å²) in [6.45, 7) is -0.448. The van der Waals surface area contributed by atoms with Crippen LogP contribution in [-0.2, 0) is 4.79 Å². The van der Waals surface area contributed by atoms with Gasteiger partial charge in [-0.05, 0) is 30.7 Å². The highest BCUT2D eigenvalue weighted by molar-refractivity contribution is 5.87. The van der Waals surface area contributed by atoms with Gasteiger partial charge in [-0.1, -0.05) is 43.2 Å². The first-order chi connectivity index (χ1) is 12.8. The van der Waals surface area contributed by atoms with Gasteiger partial charge in [0.15, 0.2) is 0 Å². The van der Waals surface area contributed by atoms with E-state index in [-0.39, 0.29) is 12.0 Å². The van der Waals surface area contributed by atoms with E-state index in [1.165, 1.54) is 0 Å². The number of amides is 3. The Hall–Kier alpha value is -2.25. The Kier molecular flexibility index (Phi) is 5.92. The number of nitrogens with one attached hydrogen (secondary N) is 3. The van der Waals surface area contributed by atoms with Crippen molar-refractivity contribution in [2.24, 2.45) is 11.8 Å². The molecule has 1 aromatic rings. The van der Waals surface area contributed by atoms with Gasteiger partial charge in [0.05, 0.1) is 12.0 Å². The number of carbonyl (C=O) groups excluding carboxylic acids is 2. The van der Waals surface area contributed by atoms with E-state index in [0.29, 0.717) is 0 Å². The Morgan fingerprint density at radius 3 is 2.44 bits per heavy atom. The van der Waals surface area contributed by atoms with Gasteiger partial charge in [0.2, 0.25) is 5.91 Å². The number of rotatable bonds is 4. The van der Waals surface area contributed by atoms with Crippen molar-refractivity contribution in [2.45, 2.75) is 50.4 Å². The van der Waals surface area contributed by atoms with Gasteiger partial charge in [-0.3, -0.25) is 4.79 Å². The maximum Gasteiger partial charge on any atom is 0.393 e. The minimum atomic E-state index is -4.40. The smallest absolute Gasteiger partial charge is 0.354 e. The van der Waals surface area contributed by atoms with Crippen molar-refractivity contribution in [3.05, 3.63) is 35.9 Å². The summed E-state index contributed by atoms with van der Waals surface area (Å²) >= 11 is 0. The number of piperidine rings is 1. The van der Waals surface area contributed by atoms with Crippen LogP contribution in [0.25, 0.3) is 0 Å². The minimum absolute atomic E-state index is 0.223. The van der Waals surface area contributed by atoms with Crippen LogP contribution in [0, 0.1) is 11.8 Å². The SMILES string of the molecule is O=C(NC1CC(C(F)(F)F)CNC1=O)NC(c1ccccc1)C1CCCC1. The van der Waals surface area contributed by atoms with Gasteiger partial charge in [0, 0.05) is 6.54 Å². The molecule has 2 aliphatic rings. The molecular formula is C19H24F3N3O2. The highest BCUT2D eigenvalue weighted by atomic mass is 19.4. The van der Waals surface area contributed by atoms with E-state index >= 15 is 0 Å². The Balaban J connectivity index is 1.66. The number of halogens is 3. The third-order valence-corrected chi connectivity index (χ3v) is 5.44. The zero-order valence-corrected chi connectivity index (χ0v) is 14.9. The highest BCUT2D eigenvalue weighted by Crippen LogP contribution is 2.36. The first kappa shape index (κ1) is 19.5. The molecule has 1 saturated carbocycles. The molecule has 2 fully saturated rings. The molecule has 3 N–H and O–H groups in total. The largest absolute Gasteiger partial charge is 0.393 e. The molecule has 0 aromatic heterocycles. The van der Waals surface area contributed by atoms with Crippen LogP contribution in [0.4, 0.5) is 18.0 Å². The van der Waals surface area contributed by atoms with E-state index in [0.717, 1.165) is 31.2 Å². The maximum atomic E-state index is 12.9. The zero-order valence-electron chi connectivity index (χ0n) is 14.9. The maximum absolute atomic E-state index is 12.9. The molecule has 1 aliphatic heterocycles. The molecule has 5 nitrogen and oxygen atoms in total. The van der Waals surface area contributed by atoms with Crippen molar-refractivity contribution in [2.75, 3.05) is 6.54 Å². The fraction of sp³-hybridized carbons (Fsp3) is 0.579. The minimum Gasteiger partial charge on any atom is -0.354 e. The first-order valence-corrected chi connectivity index (χ1v) is 9.31. The standard InChI is InChI=1S/C19H24F3N3O2/c20-19(21,22)14-10-15(17(26)23-11-14)24-18(27)25-16(13-8-4-5-9-13)12-6-2-1-3-7-12/h1-3,6-7,13-16H,4-5,8-11H2,(H,23,26)(H2,24,25,27). The predicted molar refractivity (Wildman–Crippen MR) is 93.8 cm³/mol. The quantitative estimate of drug-likeness (QED) is 0.747. The molecule has 3 rings (SSSR count). The molecule has 1 saturated heterocycles. The van der Waals surface area contributed by atoms with Crippen LogP contribution in [-0.4, -0.2) is 30.7 Å². The van der Waals surface area contributed by atoms with Crippen LogP contribution in [0.1, 0.15) is 43.7 Å². The van der Waals surface area contributed by atoms with Crippen LogP contribution in [0.3, 0.4) is 0 Å². The molecule has 3 atom stereocenters. The second kappa shape index (κ2) is 8.19. The molecule has 1 aliphatic carbocycles. The van der Waals surface area contributed by atoms with Crippen LogP contribution in [0.15, 0.2) is 30.3 Å². The van der Waals surface area contributed by atoms with E-state index in [2.05, 4.69) is 16.0 Å². The van der Waals surface area contributed by atoms with Crippen LogP contribution >= 0.6 is 0 Å². The molecular weight excluding hydrogens is 359 g/mol. The second-order valence-corrected chi connectivity index (χ2v) is 7.32. The third kappa shape index (κ3) is 4.93. The summed E-state index contributed by atoms with van der Waals surface area (Å²) < 4.78 is 38.8. The summed E-state index contributed by atoms with van der Waals surface area (Å²) in [7, 11) is 0. The molecule has 3 unspecified atom stereocenters. The van der Waals surface area contributed by atoms with Gasteiger partial charge in [-0.25, -0.2) is 4.79 Å². The van der Waals surface area contributed by atoms with E-state index in [9.17, 15) is 22.8 Å². The first-order valence-electron chi connectivity index (χ1n) is 9.31. The topological polar surface area (TPSA) is 70.2 Å². The molecule has 0 spiro atoms. The van der Waals surface area contributed by atoms with Crippen molar-refractivity contribution < 1.29 is 22.8 Å². The summed E-state index contributed by atoms with van der Waals surface area (Å²) in [5.41, 5.74) is 0.959. The Bertz CT molecular complexity index is 660. The van der Waals surface area contributed by atoms with Crippen molar-refractivity contribution in [1.82, 2.24) is 16.0 Å². The normalized spacial score (nSPS) is 24.9. The van der Waals surface area contributed by atoms with Gasteiger partial charge in [0.25, 0.3) is 0 Å². The fourth-order valence-electron chi connectivity index (χ4n) is 3.96. The predicted octanol–water partition coefficient (Wildman–Crippen LogP) is 3.28. The molecule has 8 heteroatoms. The average molecular weight is 383 g/mol. The summed E-state index contributed by atoms with van der Waals surface area (Å²) in [6, 6.07) is 7.49. The van der Waals surface area contributed by atoms with Gasteiger partial charge in [-0.15, -0.1) is 0 Å². The lowest BCUT2D eigenvalue weighted by atomic mass is 9.91. The molecule has 0 radical (unpaired) electrons. The number of benzene rings is 1. The van der Waals surface area contributed by atoms with E-state index in [4.69, 9.17) is 0 Å². The van der Waals surface area contributed by atoms with Gasteiger partial charge in [-0.2, -0.15) is 13.2 Å². The third-order valence-electron chi connectivity index (χ3n) is 5.44. The van der Waals surface area contributed by atoms with Crippen LogP contribution < -0.4 is 16.0 Å². The molecule has 3 amide bonds. The summed E-state index contributed by atoms with van der Waals surface area (Å²) in [6.07, 6.45) is -0.687. The molecule has 148 valence electrons. The van der Waals surface area contributed by atoms with E-state index < -0.39 is 43.0 Å². The highest BCUT2D eigenvalue weighted by Gasteiger charge is 2.45. The fourth-order valence-corrected chi connectivity index (χ4v) is 3.96. The van der Waals surface area contributed by atoms with E-state index in [1.807, 2.05) is 30.3 Å². The Morgan fingerprint density at radius 1 is 1.15 bits per heavy atom. The van der Waals surface area contributed by atoms with Crippen molar-refractivity contribution >= 4 is 11.9 Å². The van der Waals surface area contributed by atoms with Crippen molar-refractivity contribution in [1.29, 1.82) is 0 Å². The number of hydrogen-bond acceptors (Lipinski definition) is 2. The van der Waals surface area contributed by atoms with Crippen molar-refractivity contribution in [3.8, 4) is 0 Å². The lowest BCUT2D eigenvalue weighted by Crippen LogP contribution is -2.57. The van der Waals surface area contributed by atoms with Gasteiger partial charge in [0.1, 0.15) is 6.04 Å². The number of urea groups is 1. The monoisotopic (exact) mass is 383 g/mol. The summed E-state index contributed by atoms with van der Waals surface area (Å²) in [5, 5.41) is 7.55. The average Bonchev–Trinajstić information content (AvgIpc) is 3.16. The van der Waals surface area contributed by atoms with Gasteiger partial charge >= 0.3 is 12.2 Å². The lowest BCUT2D eigenvalue weighted by molar-refractivity contribution is -0.181. The molecule has 0 bridgehead atoms. The molecule has 1 heterocycles. The molecule has 1 aromatic carbocycles. The van der Waals surface area contributed by atoms with Gasteiger partial charge < -0.3 is 16.0 Å². The van der Waals surface area contributed by atoms with Crippen LogP contribution in [0.5, 0.6) is 0 Å². The molecule has 27 heavy (non-hydrogen) atoms. The van der Waals surface area contributed by atoms with Crippen LogP contribution in [0.2, 0.25) is 0 Å². The number of alkyl halides is 3. The number of carbonyl (C=O) groups is 2. The zero-order chi connectivity index (χ0) is 19.4. The Labute approximate surface area is 156 Å². The Morgan fingerprint density at radius 2 is 1.81 bits per heavy atom. The second-order valence-electron chi connectivity index (χ2n) is 7.32. The number of hydrogen-bond donors (Lipinski definition) is 3. The summed E-state index contributed by atoms with van der Waals surface area (Å²) in [4.78, 5) is 24.4. The van der Waals surface area contributed by atoms with E-state index in [1.54, 1.807) is 0 Å². The lowest BCUT2D eigenvalue weighted by Gasteiger charge is -2.32. The summed E-state index contributed by atoms with van der Waals surface area (Å²) in [5.74, 6) is -1.95. The van der Waals surface area contributed by atoms with Crippen molar-refractivity contribution in [3.63, 3.8) is 0 Å².